The average Bonchev–Trinajstić information content (AvgIpc) is 3.30. The number of piperidine rings is 1. The summed E-state index contributed by atoms with van der Waals surface area (Å²) in [6.07, 6.45) is 5.36. The van der Waals surface area contributed by atoms with E-state index in [1.54, 1.807) is 23.8 Å². The molecule has 120 valence electrons. The van der Waals surface area contributed by atoms with Gasteiger partial charge in [0.1, 0.15) is 11.6 Å². The van der Waals surface area contributed by atoms with Gasteiger partial charge in [0.05, 0.1) is 5.69 Å². The van der Waals surface area contributed by atoms with Gasteiger partial charge in [-0.3, -0.25) is 9.88 Å². The normalized spacial score (nSPS) is 27.1. The van der Waals surface area contributed by atoms with Gasteiger partial charge in [0, 0.05) is 55.4 Å². The fourth-order valence-corrected chi connectivity index (χ4v) is 4.62. The van der Waals surface area contributed by atoms with Crippen molar-refractivity contribution in [3.05, 3.63) is 35.7 Å². The van der Waals surface area contributed by atoms with E-state index in [1.165, 1.54) is 25.3 Å². The van der Waals surface area contributed by atoms with Crippen molar-refractivity contribution in [2.24, 2.45) is 0 Å². The van der Waals surface area contributed by atoms with Crippen LogP contribution in [0.2, 0.25) is 0 Å². The van der Waals surface area contributed by atoms with E-state index in [0.717, 1.165) is 24.0 Å². The highest BCUT2D eigenvalue weighted by molar-refractivity contribution is 7.09. The summed E-state index contributed by atoms with van der Waals surface area (Å²) in [5.41, 5.74) is 0.548. The molecule has 4 fully saturated rings. The molecule has 0 aromatic carbocycles. The second kappa shape index (κ2) is 5.21. The monoisotopic (exact) mass is 331 g/mol. The van der Waals surface area contributed by atoms with Crippen molar-refractivity contribution in [2.45, 2.75) is 43.8 Å². The number of rotatable bonds is 4. The van der Waals surface area contributed by atoms with Crippen LogP contribution in [0.25, 0.3) is 0 Å². The Morgan fingerprint density at radius 1 is 1.26 bits per heavy atom. The first kappa shape index (κ1) is 13.8. The summed E-state index contributed by atoms with van der Waals surface area (Å²) in [5.74, 6) is 1.45. The van der Waals surface area contributed by atoms with E-state index < -0.39 is 0 Å². The molecular weight excluding hydrogens is 313 g/mol. The predicted molar refractivity (Wildman–Crippen MR) is 86.0 cm³/mol. The lowest BCUT2D eigenvalue weighted by Crippen LogP contribution is -2.68. The zero-order valence-corrected chi connectivity index (χ0v) is 13.5. The highest BCUT2D eigenvalue weighted by Gasteiger charge is 2.46. The quantitative estimate of drug-likeness (QED) is 0.861. The Hall–Kier alpha value is -1.60. The highest BCUT2D eigenvalue weighted by atomic mass is 32.1. The van der Waals surface area contributed by atoms with E-state index in [9.17, 15) is 4.39 Å². The molecule has 3 aliphatic heterocycles. The number of hydrogen-bond acceptors (Lipinski definition) is 6. The van der Waals surface area contributed by atoms with Gasteiger partial charge < -0.3 is 4.90 Å². The minimum Gasteiger partial charge on any atom is -0.338 e. The molecule has 2 bridgehead atoms. The summed E-state index contributed by atoms with van der Waals surface area (Å²) in [5, 5.41) is 1.08. The topological polar surface area (TPSA) is 45.2 Å². The second-order valence-electron chi connectivity index (χ2n) is 6.79. The van der Waals surface area contributed by atoms with Crippen LogP contribution in [0.1, 0.15) is 36.7 Å². The largest absolute Gasteiger partial charge is 0.338 e. The Kier molecular flexibility index (Phi) is 3.12. The van der Waals surface area contributed by atoms with Crippen LogP contribution in [0, 0.1) is 5.82 Å². The Bertz CT molecular complexity index is 719. The molecule has 4 aliphatic rings. The van der Waals surface area contributed by atoms with E-state index in [4.69, 9.17) is 4.98 Å². The summed E-state index contributed by atoms with van der Waals surface area (Å²) in [4.78, 5) is 13.6. The molecule has 0 amide bonds. The van der Waals surface area contributed by atoms with Crippen molar-refractivity contribution >= 4 is 16.7 Å². The van der Waals surface area contributed by atoms with Crippen LogP contribution in [-0.2, 0) is 6.54 Å². The number of anilines is 1. The van der Waals surface area contributed by atoms with Gasteiger partial charge in [-0.2, -0.15) is 4.37 Å². The van der Waals surface area contributed by atoms with E-state index in [0.29, 0.717) is 30.2 Å². The highest BCUT2D eigenvalue weighted by Crippen LogP contribution is 2.43. The van der Waals surface area contributed by atoms with Gasteiger partial charge in [0.25, 0.3) is 0 Å². The first-order valence-electron chi connectivity index (χ1n) is 8.21. The Morgan fingerprint density at radius 2 is 2.09 bits per heavy atom. The standard InChI is InChI=1S/C16H18FN5S/c17-13-2-1-5-18-14(13)9-21-7-11-6-12(8-21)22(11)16-19-15(20-23-16)10-3-4-10/h1-2,5,10-12H,3-4,6-9H2. The van der Waals surface area contributed by atoms with E-state index >= 15 is 0 Å². The molecule has 5 heterocycles. The van der Waals surface area contributed by atoms with E-state index in [2.05, 4.69) is 19.2 Å². The summed E-state index contributed by atoms with van der Waals surface area (Å²) in [7, 11) is 0. The van der Waals surface area contributed by atoms with Crippen molar-refractivity contribution in [3.63, 3.8) is 0 Å². The van der Waals surface area contributed by atoms with Crippen molar-refractivity contribution in [1.29, 1.82) is 0 Å². The molecule has 1 saturated carbocycles. The third-order valence-electron chi connectivity index (χ3n) is 5.07. The molecular formula is C16H18FN5S. The maximum Gasteiger partial charge on any atom is 0.205 e. The van der Waals surface area contributed by atoms with Crippen LogP contribution in [0.4, 0.5) is 9.52 Å². The fraction of sp³-hybridized carbons (Fsp3) is 0.562. The number of fused-ring (bicyclic) bond motifs is 2. The predicted octanol–water partition coefficient (Wildman–Crippen LogP) is 2.41. The zero-order chi connectivity index (χ0) is 15.4. The molecule has 2 aromatic rings. The van der Waals surface area contributed by atoms with Crippen molar-refractivity contribution in [1.82, 2.24) is 19.2 Å². The number of nitrogens with zero attached hydrogens (tertiary/aromatic N) is 5. The van der Waals surface area contributed by atoms with Gasteiger partial charge in [-0.1, -0.05) is 0 Å². The lowest BCUT2D eigenvalue weighted by Gasteiger charge is -2.56. The van der Waals surface area contributed by atoms with Gasteiger partial charge in [-0.25, -0.2) is 9.37 Å². The zero-order valence-electron chi connectivity index (χ0n) is 12.7. The number of hydrogen-bond donors (Lipinski definition) is 0. The van der Waals surface area contributed by atoms with Crippen molar-refractivity contribution < 1.29 is 4.39 Å². The molecule has 0 spiro atoms. The first-order valence-corrected chi connectivity index (χ1v) is 8.99. The average molecular weight is 331 g/mol. The molecule has 1 aliphatic carbocycles. The smallest absolute Gasteiger partial charge is 0.205 e. The van der Waals surface area contributed by atoms with Crippen LogP contribution >= 0.6 is 11.5 Å². The Balaban J connectivity index is 1.27. The number of pyridine rings is 1. The summed E-state index contributed by atoms with van der Waals surface area (Å²) >= 11 is 1.54. The van der Waals surface area contributed by atoms with Gasteiger partial charge in [0.2, 0.25) is 5.13 Å². The summed E-state index contributed by atoms with van der Waals surface area (Å²) in [6.45, 7) is 2.49. The third kappa shape index (κ3) is 2.42. The maximum absolute atomic E-state index is 13.8. The van der Waals surface area contributed by atoms with Gasteiger partial charge in [-0.15, -0.1) is 0 Å². The maximum atomic E-state index is 13.8. The van der Waals surface area contributed by atoms with Gasteiger partial charge >= 0.3 is 0 Å². The van der Waals surface area contributed by atoms with Crippen LogP contribution in [0.5, 0.6) is 0 Å². The Labute approximate surface area is 138 Å². The fourth-order valence-electron chi connectivity index (χ4n) is 3.72. The molecule has 2 aromatic heterocycles. The molecule has 23 heavy (non-hydrogen) atoms. The third-order valence-corrected chi connectivity index (χ3v) is 5.82. The molecule has 0 radical (unpaired) electrons. The van der Waals surface area contributed by atoms with Crippen LogP contribution < -0.4 is 4.90 Å². The van der Waals surface area contributed by atoms with E-state index in [-0.39, 0.29) is 5.82 Å². The lowest BCUT2D eigenvalue weighted by atomic mass is 9.88. The van der Waals surface area contributed by atoms with Gasteiger partial charge in [-0.05, 0) is 31.4 Å². The summed E-state index contributed by atoms with van der Waals surface area (Å²) < 4.78 is 18.3. The van der Waals surface area contributed by atoms with Gasteiger partial charge in [0.15, 0.2) is 0 Å². The van der Waals surface area contributed by atoms with E-state index in [1.807, 2.05) is 0 Å². The minimum absolute atomic E-state index is 0.207. The molecule has 2 unspecified atom stereocenters. The molecule has 0 N–H and O–H groups in total. The van der Waals surface area contributed by atoms with Crippen molar-refractivity contribution in [3.8, 4) is 0 Å². The summed E-state index contributed by atoms with van der Waals surface area (Å²) in [6, 6.07) is 4.10. The van der Waals surface area contributed by atoms with Crippen LogP contribution in [0.15, 0.2) is 18.3 Å². The number of aromatic nitrogens is 3. The van der Waals surface area contributed by atoms with Crippen molar-refractivity contribution in [2.75, 3.05) is 18.0 Å². The second-order valence-corrected chi connectivity index (χ2v) is 7.52. The Morgan fingerprint density at radius 3 is 2.83 bits per heavy atom. The molecule has 5 nitrogen and oxygen atoms in total. The van der Waals surface area contributed by atoms with Crippen LogP contribution in [-0.4, -0.2) is 44.4 Å². The molecule has 3 saturated heterocycles. The molecule has 2 atom stereocenters. The lowest BCUT2D eigenvalue weighted by molar-refractivity contribution is 0.106. The van der Waals surface area contributed by atoms with Crippen LogP contribution in [0.3, 0.4) is 0 Å². The first-order chi connectivity index (χ1) is 11.3. The SMILES string of the molecule is Fc1cccnc1CN1CC2CC(C1)N2c1nc(C2CC2)ns1. The number of halogens is 1. The number of piperazine rings is 1. The molecule has 6 rings (SSSR count). The molecule has 7 heteroatoms. The minimum atomic E-state index is -0.207.